The molecule has 4 rings (SSSR count). The summed E-state index contributed by atoms with van der Waals surface area (Å²) in [5, 5.41) is 7.44. The van der Waals surface area contributed by atoms with Crippen molar-refractivity contribution in [2.45, 2.75) is 6.92 Å². The number of aryl methyl sites for hydroxylation is 1. The predicted molar refractivity (Wildman–Crippen MR) is 125 cm³/mol. The van der Waals surface area contributed by atoms with Gasteiger partial charge in [0.15, 0.2) is 5.82 Å². The summed E-state index contributed by atoms with van der Waals surface area (Å²) in [6.07, 6.45) is 2.89. The first-order valence-corrected chi connectivity index (χ1v) is 10.3. The van der Waals surface area contributed by atoms with Gasteiger partial charge in [-0.1, -0.05) is 41.4 Å². The van der Waals surface area contributed by atoms with Crippen LogP contribution in [0.1, 0.15) is 11.1 Å². The van der Waals surface area contributed by atoms with Gasteiger partial charge in [0.2, 0.25) is 11.9 Å². The molecule has 0 amide bonds. The quantitative estimate of drug-likeness (QED) is 0.197. The van der Waals surface area contributed by atoms with Gasteiger partial charge in [-0.05, 0) is 48.4 Å². The molecule has 0 atom stereocenters. The number of aromatic nitrogens is 4. The Morgan fingerprint density at radius 3 is 2.48 bits per heavy atom. The van der Waals surface area contributed by atoms with Crippen LogP contribution in [0.5, 0.6) is 0 Å². The van der Waals surface area contributed by atoms with Crippen molar-refractivity contribution < 1.29 is 8.78 Å². The highest BCUT2D eigenvalue weighted by atomic mass is 35.5. The summed E-state index contributed by atoms with van der Waals surface area (Å²) in [5.74, 6) is -0.872. The van der Waals surface area contributed by atoms with Crippen molar-refractivity contribution in [3.8, 4) is 11.4 Å². The van der Waals surface area contributed by atoms with E-state index >= 15 is 0 Å². The molecule has 7 nitrogen and oxygen atoms in total. The highest BCUT2D eigenvalue weighted by molar-refractivity contribution is 6.33. The first kappa shape index (κ1) is 22.5. The lowest BCUT2D eigenvalue weighted by Gasteiger charge is -2.10. The highest BCUT2D eigenvalue weighted by Crippen LogP contribution is 2.29. The zero-order valence-corrected chi connectivity index (χ0v) is 18.5. The van der Waals surface area contributed by atoms with Crippen molar-refractivity contribution in [2.75, 3.05) is 10.7 Å². The van der Waals surface area contributed by atoms with Crippen LogP contribution in [-0.4, -0.2) is 26.2 Å². The lowest BCUT2D eigenvalue weighted by molar-refractivity contribution is 0.618. The molecule has 0 unspecified atom stereocenters. The van der Waals surface area contributed by atoms with Gasteiger partial charge in [-0.3, -0.25) is 0 Å². The topological polar surface area (TPSA) is 88.0 Å². The molecule has 0 fully saturated rings. The number of hydrogen-bond donors (Lipinski definition) is 2. The molecule has 2 aromatic heterocycles. The monoisotopic (exact) mass is 485 g/mol. The average molecular weight is 486 g/mol. The molecule has 0 aliphatic carbocycles. The second-order valence-corrected chi connectivity index (χ2v) is 7.57. The Morgan fingerprint density at radius 1 is 0.939 bits per heavy atom. The molecule has 0 radical (unpaired) electrons. The SMILES string of the molecule is Cc1ccc(C=NNc2nc(Nc3ccc(Cl)nc3)nc(-c3c(F)cccc3Cl)n2)cc1F. The lowest BCUT2D eigenvalue weighted by Crippen LogP contribution is -2.06. The molecule has 33 heavy (non-hydrogen) atoms. The van der Waals surface area contributed by atoms with Gasteiger partial charge in [0.1, 0.15) is 16.8 Å². The van der Waals surface area contributed by atoms with Crippen molar-refractivity contribution in [3.05, 3.63) is 87.7 Å². The number of anilines is 3. The Balaban J connectivity index is 1.68. The van der Waals surface area contributed by atoms with E-state index in [1.807, 2.05) is 0 Å². The minimum atomic E-state index is -0.600. The fourth-order valence-electron chi connectivity index (χ4n) is 2.74. The Kier molecular flexibility index (Phi) is 6.71. The van der Waals surface area contributed by atoms with Gasteiger partial charge in [0.25, 0.3) is 0 Å². The molecule has 4 aromatic rings. The maximum atomic E-state index is 14.5. The first-order valence-electron chi connectivity index (χ1n) is 9.53. The van der Waals surface area contributed by atoms with Crippen molar-refractivity contribution in [1.29, 1.82) is 0 Å². The molecule has 0 spiro atoms. The van der Waals surface area contributed by atoms with Crippen LogP contribution in [0.25, 0.3) is 11.4 Å². The molecule has 2 aromatic carbocycles. The fraction of sp³-hybridized carbons (Fsp3) is 0.0455. The second kappa shape index (κ2) is 9.85. The van der Waals surface area contributed by atoms with Crippen molar-refractivity contribution >= 4 is 47.0 Å². The van der Waals surface area contributed by atoms with Crippen LogP contribution in [0.2, 0.25) is 10.2 Å². The van der Waals surface area contributed by atoms with Crippen LogP contribution >= 0.6 is 23.2 Å². The lowest BCUT2D eigenvalue weighted by atomic mass is 10.1. The molecule has 0 saturated heterocycles. The zero-order chi connectivity index (χ0) is 23.4. The molecule has 0 saturated carbocycles. The van der Waals surface area contributed by atoms with Gasteiger partial charge in [-0.15, -0.1) is 0 Å². The van der Waals surface area contributed by atoms with Gasteiger partial charge in [0.05, 0.1) is 28.7 Å². The molecule has 2 heterocycles. The van der Waals surface area contributed by atoms with E-state index in [9.17, 15) is 8.78 Å². The largest absolute Gasteiger partial charge is 0.323 e. The van der Waals surface area contributed by atoms with E-state index in [0.717, 1.165) is 0 Å². The van der Waals surface area contributed by atoms with Gasteiger partial charge in [-0.2, -0.15) is 20.1 Å². The molecular weight excluding hydrogens is 471 g/mol. The average Bonchev–Trinajstić information content (AvgIpc) is 2.78. The predicted octanol–water partition coefficient (Wildman–Crippen LogP) is 6.02. The van der Waals surface area contributed by atoms with Crippen LogP contribution < -0.4 is 10.7 Å². The standard InChI is InChI=1S/C22H15Cl2F2N7/c1-12-5-6-13(9-17(12)26)10-28-33-22-31-20(19-15(23)3-2-4-16(19)25)30-21(32-22)29-14-7-8-18(24)27-11-14/h2-11H,1H3,(H2,29,30,31,32,33). The van der Waals surface area contributed by atoms with E-state index in [1.165, 1.54) is 36.7 Å². The number of nitrogens with zero attached hydrogens (tertiary/aromatic N) is 5. The van der Waals surface area contributed by atoms with E-state index < -0.39 is 5.82 Å². The van der Waals surface area contributed by atoms with E-state index in [4.69, 9.17) is 23.2 Å². The van der Waals surface area contributed by atoms with Gasteiger partial charge < -0.3 is 5.32 Å². The maximum Gasteiger partial charge on any atom is 0.248 e. The summed E-state index contributed by atoms with van der Waals surface area (Å²) in [6.45, 7) is 1.67. The second-order valence-electron chi connectivity index (χ2n) is 6.78. The summed E-state index contributed by atoms with van der Waals surface area (Å²) in [5.41, 5.74) is 4.26. The Hall–Kier alpha value is -3.69. The Labute approximate surface area is 197 Å². The number of benzene rings is 2. The molecule has 0 aliphatic heterocycles. The molecule has 0 bridgehead atoms. The first-order chi connectivity index (χ1) is 15.9. The Bertz CT molecular complexity index is 1310. The van der Waals surface area contributed by atoms with E-state index in [2.05, 4.69) is 35.8 Å². The summed E-state index contributed by atoms with van der Waals surface area (Å²) in [7, 11) is 0. The molecule has 166 valence electrons. The third kappa shape index (κ3) is 5.57. The van der Waals surface area contributed by atoms with Crippen LogP contribution in [0.3, 0.4) is 0 Å². The summed E-state index contributed by atoms with van der Waals surface area (Å²) < 4.78 is 28.2. The highest BCUT2D eigenvalue weighted by Gasteiger charge is 2.16. The number of rotatable bonds is 6. The van der Waals surface area contributed by atoms with Crippen molar-refractivity contribution in [3.63, 3.8) is 0 Å². The van der Waals surface area contributed by atoms with Crippen LogP contribution in [0.15, 0.2) is 59.8 Å². The van der Waals surface area contributed by atoms with Gasteiger partial charge in [0, 0.05) is 0 Å². The summed E-state index contributed by atoms with van der Waals surface area (Å²) in [6, 6.07) is 12.2. The molecule has 2 N–H and O–H groups in total. The minimum absolute atomic E-state index is 0.00600. The summed E-state index contributed by atoms with van der Waals surface area (Å²) in [4.78, 5) is 16.7. The maximum absolute atomic E-state index is 14.5. The van der Waals surface area contributed by atoms with E-state index in [1.54, 1.807) is 31.2 Å². The van der Waals surface area contributed by atoms with Crippen LogP contribution in [0.4, 0.5) is 26.4 Å². The number of pyridine rings is 1. The smallest absolute Gasteiger partial charge is 0.248 e. The number of halogens is 4. The van der Waals surface area contributed by atoms with Gasteiger partial charge >= 0.3 is 0 Å². The molecule has 11 heteroatoms. The van der Waals surface area contributed by atoms with Gasteiger partial charge in [-0.25, -0.2) is 19.2 Å². The summed E-state index contributed by atoms with van der Waals surface area (Å²) >= 11 is 12.0. The number of hydrogen-bond acceptors (Lipinski definition) is 7. The molecular formula is C22H15Cl2F2N7. The minimum Gasteiger partial charge on any atom is -0.323 e. The van der Waals surface area contributed by atoms with Crippen LogP contribution in [-0.2, 0) is 0 Å². The number of hydrazone groups is 1. The van der Waals surface area contributed by atoms with Crippen molar-refractivity contribution in [2.24, 2.45) is 5.10 Å². The normalized spacial score (nSPS) is 11.1. The fourth-order valence-corrected chi connectivity index (χ4v) is 3.10. The third-order valence-electron chi connectivity index (χ3n) is 4.38. The zero-order valence-electron chi connectivity index (χ0n) is 17.0. The van der Waals surface area contributed by atoms with Crippen LogP contribution in [0, 0.1) is 18.6 Å². The number of nitrogens with one attached hydrogen (secondary N) is 2. The molecule has 0 aliphatic rings. The van der Waals surface area contributed by atoms with E-state index in [0.29, 0.717) is 22.0 Å². The Morgan fingerprint density at radius 2 is 1.76 bits per heavy atom. The third-order valence-corrected chi connectivity index (χ3v) is 4.92. The van der Waals surface area contributed by atoms with Crippen molar-refractivity contribution in [1.82, 2.24) is 19.9 Å². The van der Waals surface area contributed by atoms with E-state index in [-0.39, 0.29) is 34.1 Å².